The second-order valence-corrected chi connectivity index (χ2v) is 5.33. The Balaban J connectivity index is 1.81. The van der Waals surface area contributed by atoms with Gasteiger partial charge in [-0.1, -0.05) is 12.1 Å². The first-order valence-electron chi connectivity index (χ1n) is 7.40. The SMILES string of the molecule is CC(C)Oc1ccc(CNC(=O)NCc2cccnc2)cc1F. The molecular formula is C17H20FN3O2. The van der Waals surface area contributed by atoms with Crippen molar-refractivity contribution in [2.45, 2.75) is 33.0 Å². The molecule has 122 valence electrons. The molecule has 0 aliphatic heterocycles. The van der Waals surface area contributed by atoms with E-state index in [1.807, 2.05) is 19.9 Å². The van der Waals surface area contributed by atoms with Crippen molar-refractivity contribution in [3.8, 4) is 5.75 Å². The molecule has 0 spiro atoms. The zero-order valence-corrected chi connectivity index (χ0v) is 13.2. The molecule has 2 amide bonds. The van der Waals surface area contributed by atoms with Crippen LogP contribution in [0.15, 0.2) is 42.7 Å². The molecule has 0 radical (unpaired) electrons. The van der Waals surface area contributed by atoms with Crippen LogP contribution in [0.2, 0.25) is 0 Å². The number of nitrogens with zero attached hydrogens (tertiary/aromatic N) is 1. The number of urea groups is 1. The van der Waals surface area contributed by atoms with Crippen molar-refractivity contribution >= 4 is 6.03 Å². The van der Waals surface area contributed by atoms with E-state index in [2.05, 4.69) is 15.6 Å². The molecule has 0 unspecified atom stereocenters. The molecule has 0 aliphatic rings. The minimum atomic E-state index is -0.436. The Morgan fingerprint density at radius 2 is 1.96 bits per heavy atom. The third kappa shape index (κ3) is 5.58. The summed E-state index contributed by atoms with van der Waals surface area (Å²) in [5, 5.41) is 5.39. The van der Waals surface area contributed by atoms with E-state index in [1.165, 1.54) is 6.07 Å². The first kappa shape index (κ1) is 16.7. The van der Waals surface area contributed by atoms with Gasteiger partial charge in [-0.25, -0.2) is 9.18 Å². The number of halogens is 1. The smallest absolute Gasteiger partial charge is 0.315 e. The Hall–Kier alpha value is -2.63. The molecule has 5 nitrogen and oxygen atoms in total. The van der Waals surface area contributed by atoms with E-state index >= 15 is 0 Å². The number of carbonyl (C=O) groups excluding carboxylic acids is 1. The highest BCUT2D eigenvalue weighted by Crippen LogP contribution is 2.19. The zero-order valence-electron chi connectivity index (χ0n) is 13.2. The topological polar surface area (TPSA) is 63.2 Å². The van der Waals surface area contributed by atoms with Gasteiger partial charge in [-0.15, -0.1) is 0 Å². The van der Waals surface area contributed by atoms with Gasteiger partial charge < -0.3 is 15.4 Å². The third-order valence-electron chi connectivity index (χ3n) is 2.99. The van der Waals surface area contributed by atoms with E-state index in [0.29, 0.717) is 12.1 Å². The van der Waals surface area contributed by atoms with Gasteiger partial charge in [-0.3, -0.25) is 4.98 Å². The fraction of sp³-hybridized carbons (Fsp3) is 0.294. The Morgan fingerprint density at radius 3 is 2.57 bits per heavy atom. The summed E-state index contributed by atoms with van der Waals surface area (Å²) in [7, 11) is 0. The highest BCUT2D eigenvalue weighted by Gasteiger charge is 2.07. The van der Waals surface area contributed by atoms with Crippen molar-refractivity contribution in [2.24, 2.45) is 0 Å². The van der Waals surface area contributed by atoms with Gasteiger partial charge in [-0.2, -0.15) is 0 Å². The van der Waals surface area contributed by atoms with E-state index in [4.69, 9.17) is 4.74 Å². The lowest BCUT2D eigenvalue weighted by Crippen LogP contribution is -2.34. The van der Waals surface area contributed by atoms with Crippen molar-refractivity contribution < 1.29 is 13.9 Å². The molecule has 2 aromatic rings. The minimum Gasteiger partial charge on any atom is -0.488 e. The predicted molar refractivity (Wildman–Crippen MR) is 85.5 cm³/mol. The van der Waals surface area contributed by atoms with Gasteiger partial charge in [0.15, 0.2) is 11.6 Å². The van der Waals surface area contributed by atoms with Gasteiger partial charge in [0.2, 0.25) is 0 Å². The van der Waals surface area contributed by atoms with E-state index < -0.39 is 5.82 Å². The third-order valence-corrected chi connectivity index (χ3v) is 2.99. The van der Waals surface area contributed by atoms with Gasteiger partial charge in [0.1, 0.15) is 0 Å². The zero-order chi connectivity index (χ0) is 16.7. The average Bonchev–Trinajstić information content (AvgIpc) is 2.54. The fourth-order valence-corrected chi connectivity index (χ4v) is 1.93. The summed E-state index contributed by atoms with van der Waals surface area (Å²) in [4.78, 5) is 15.7. The quantitative estimate of drug-likeness (QED) is 0.861. The summed E-state index contributed by atoms with van der Waals surface area (Å²) in [6, 6.07) is 8.01. The number of hydrogen-bond donors (Lipinski definition) is 2. The van der Waals surface area contributed by atoms with Crippen LogP contribution in [0, 0.1) is 5.82 Å². The second-order valence-electron chi connectivity index (χ2n) is 5.33. The Labute approximate surface area is 134 Å². The van der Waals surface area contributed by atoms with E-state index in [-0.39, 0.29) is 24.4 Å². The van der Waals surface area contributed by atoms with Crippen LogP contribution in [0.5, 0.6) is 5.75 Å². The van der Waals surface area contributed by atoms with Crippen LogP contribution in [0.3, 0.4) is 0 Å². The Morgan fingerprint density at radius 1 is 1.22 bits per heavy atom. The molecule has 0 fully saturated rings. The van der Waals surface area contributed by atoms with Crippen LogP contribution in [0.25, 0.3) is 0 Å². The molecule has 1 aromatic heterocycles. The molecule has 0 bridgehead atoms. The monoisotopic (exact) mass is 317 g/mol. The molecule has 1 aromatic carbocycles. The number of nitrogens with one attached hydrogen (secondary N) is 2. The predicted octanol–water partition coefficient (Wildman–Crippen LogP) is 3.01. The number of carbonyl (C=O) groups is 1. The van der Waals surface area contributed by atoms with Crippen molar-refractivity contribution in [2.75, 3.05) is 0 Å². The van der Waals surface area contributed by atoms with E-state index in [0.717, 1.165) is 5.56 Å². The van der Waals surface area contributed by atoms with Gasteiger partial charge in [0, 0.05) is 25.5 Å². The molecule has 0 saturated heterocycles. The second kappa shape index (κ2) is 8.12. The molecule has 2 rings (SSSR count). The maximum Gasteiger partial charge on any atom is 0.315 e. The summed E-state index contributed by atoms with van der Waals surface area (Å²) in [5.41, 5.74) is 1.57. The lowest BCUT2D eigenvalue weighted by atomic mass is 10.2. The van der Waals surface area contributed by atoms with Gasteiger partial charge >= 0.3 is 6.03 Å². The molecule has 0 saturated carbocycles. The number of rotatable bonds is 6. The number of ether oxygens (including phenoxy) is 1. The summed E-state index contributed by atoms with van der Waals surface area (Å²) in [6.45, 7) is 4.29. The van der Waals surface area contributed by atoms with Crippen LogP contribution in [0.1, 0.15) is 25.0 Å². The first-order chi connectivity index (χ1) is 11.0. The van der Waals surface area contributed by atoms with Crippen molar-refractivity contribution in [1.82, 2.24) is 15.6 Å². The van der Waals surface area contributed by atoms with Crippen molar-refractivity contribution in [1.29, 1.82) is 0 Å². The molecule has 2 N–H and O–H groups in total. The van der Waals surface area contributed by atoms with Gasteiger partial charge in [0.25, 0.3) is 0 Å². The Bertz CT molecular complexity index is 648. The summed E-state index contributed by atoms with van der Waals surface area (Å²) in [5.74, 6) is -0.224. The highest BCUT2D eigenvalue weighted by molar-refractivity contribution is 5.73. The molecule has 0 atom stereocenters. The summed E-state index contributed by atoms with van der Waals surface area (Å²) >= 11 is 0. The van der Waals surface area contributed by atoms with Gasteiger partial charge in [-0.05, 0) is 43.2 Å². The number of aromatic nitrogens is 1. The molecule has 0 aliphatic carbocycles. The molecular weight excluding hydrogens is 297 g/mol. The first-order valence-corrected chi connectivity index (χ1v) is 7.40. The lowest BCUT2D eigenvalue weighted by molar-refractivity contribution is 0.231. The number of pyridine rings is 1. The van der Waals surface area contributed by atoms with Gasteiger partial charge in [0.05, 0.1) is 6.10 Å². The maximum absolute atomic E-state index is 13.8. The number of amides is 2. The van der Waals surface area contributed by atoms with Crippen molar-refractivity contribution in [3.63, 3.8) is 0 Å². The standard InChI is InChI=1S/C17H20FN3O2/c1-12(2)23-16-6-5-13(8-15(16)18)10-20-17(22)21-11-14-4-3-7-19-9-14/h3-9,12H,10-11H2,1-2H3,(H2,20,21,22). The largest absolute Gasteiger partial charge is 0.488 e. The Kier molecular flexibility index (Phi) is 5.91. The van der Waals surface area contributed by atoms with Crippen LogP contribution < -0.4 is 15.4 Å². The summed E-state index contributed by atoms with van der Waals surface area (Å²) < 4.78 is 19.2. The van der Waals surface area contributed by atoms with Crippen LogP contribution in [-0.2, 0) is 13.1 Å². The average molecular weight is 317 g/mol. The number of hydrogen-bond acceptors (Lipinski definition) is 3. The van der Waals surface area contributed by atoms with E-state index in [9.17, 15) is 9.18 Å². The highest BCUT2D eigenvalue weighted by atomic mass is 19.1. The van der Waals surface area contributed by atoms with E-state index in [1.54, 1.807) is 30.6 Å². The van der Waals surface area contributed by atoms with Crippen molar-refractivity contribution in [3.05, 3.63) is 59.7 Å². The maximum atomic E-state index is 13.8. The van der Waals surface area contributed by atoms with Crippen LogP contribution in [0.4, 0.5) is 9.18 Å². The summed E-state index contributed by atoms with van der Waals surface area (Å²) in [6.07, 6.45) is 3.26. The molecule has 1 heterocycles. The fourth-order valence-electron chi connectivity index (χ4n) is 1.93. The van der Waals surface area contributed by atoms with Crippen LogP contribution in [-0.4, -0.2) is 17.1 Å². The normalized spacial score (nSPS) is 10.4. The molecule has 6 heteroatoms. The number of benzene rings is 1. The lowest BCUT2D eigenvalue weighted by Gasteiger charge is -2.12. The minimum absolute atomic E-state index is 0.0910. The van der Waals surface area contributed by atoms with Crippen LogP contribution >= 0.6 is 0 Å². The molecule has 23 heavy (non-hydrogen) atoms.